The maximum absolute atomic E-state index is 11.5. The van der Waals surface area contributed by atoms with Gasteiger partial charge < -0.3 is 14.9 Å². The van der Waals surface area contributed by atoms with Crippen molar-refractivity contribution in [3.05, 3.63) is 53.6 Å². The van der Waals surface area contributed by atoms with Crippen molar-refractivity contribution in [3.63, 3.8) is 0 Å². The summed E-state index contributed by atoms with van der Waals surface area (Å²) in [6.45, 7) is 0. The molecule has 5 nitrogen and oxygen atoms in total. The van der Waals surface area contributed by atoms with Crippen molar-refractivity contribution in [1.82, 2.24) is 0 Å². The van der Waals surface area contributed by atoms with E-state index in [1.807, 2.05) is 0 Å². The molecule has 0 unspecified atom stereocenters. The fourth-order valence-electron chi connectivity index (χ4n) is 1.79. The number of phenols is 1. The molecule has 0 aromatic heterocycles. The fraction of sp³-hybridized carbons (Fsp3) is 0.0667. The third kappa shape index (κ3) is 2.61. The van der Waals surface area contributed by atoms with Crippen LogP contribution in [-0.4, -0.2) is 29.3 Å². The minimum atomic E-state index is -1.00. The van der Waals surface area contributed by atoms with Crippen molar-refractivity contribution in [3.8, 4) is 16.9 Å². The van der Waals surface area contributed by atoms with Crippen molar-refractivity contribution in [2.75, 3.05) is 7.11 Å². The number of aromatic carboxylic acids is 1. The summed E-state index contributed by atoms with van der Waals surface area (Å²) >= 11 is 0. The molecule has 0 bridgehead atoms. The monoisotopic (exact) mass is 272 g/mol. The molecule has 20 heavy (non-hydrogen) atoms. The summed E-state index contributed by atoms with van der Waals surface area (Å²) in [6.07, 6.45) is 0. The van der Waals surface area contributed by atoms with Gasteiger partial charge in [0.25, 0.3) is 0 Å². The van der Waals surface area contributed by atoms with Crippen LogP contribution in [0.2, 0.25) is 0 Å². The number of carbonyl (C=O) groups excluding carboxylic acids is 1. The molecule has 0 spiro atoms. The quantitative estimate of drug-likeness (QED) is 0.839. The van der Waals surface area contributed by atoms with E-state index in [0.29, 0.717) is 5.56 Å². The molecule has 0 atom stereocenters. The summed E-state index contributed by atoms with van der Waals surface area (Å²) in [5, 5.41) is 18.5. The summed E-state index contributed by atoms with van der Waals surface area (Å²) in [6, 6.07) is 10.7. The van der Waals surface area contributed by atoms with Crippen LogP contribution < -0.4 is 0 Å². The molecule has 0 aliphatic heterocycles. The Labute approximate surface area is 115 Å². The largest absolute Gasteiger partial charge is 0.507 e. The average molecular weight is 272 g/mol. The highest BCUT2D eigenvalue weighted by molar-refractivity contribution is 5.94. The van der Waals surface area contributed by atoms with Gasteiger partial charge in [0, 0.05) is 0 Å². The van der Waals surface area contributed by atoms with Crippen LogP contribution in [0.15, 0.2) is 42.5 Å². The summed E-state index contributed by atoms with van der Waals surface area (Å²) in [4.78, 5) is 22.3. The zero-order valence-corrected chi connectivity index (χ0v) is 10.7. The molecule has 0 radical (unpaired) electrons. The van der Waals surface area contributed by atoms with Crippen molar-refractivity contribution >= 4 is 11.9 Å². The maximum atomic E-state index is 11.5. The zero-order valence-electron chi connectivity index (χ0n) is 10.7. The van der Waals surface area contributed by atoms with E-state index >= 15 is 0 Å². The van der Waals surface area contributed by atoms with Gasteiger partial charge in [-0.05, 0) is 35.4 Å². The van der Waals surface area contributed by atoms with E-state index in [9.17, 15) is 14.7 Å². The SMILES string of the molecule is COC(=O)c1cc(-c2ccc(C(=O)O)cc2)ccc1O. The number of benzene rings is 2. The van der Waals surface area contributed by atoms with Gasteiger partial charge in [0.2, 0.25) is 0 Å². The Bertz CT molecular complexity index is 658. The molecule has 0 amide bonds. The summed E-state index contributed by atoms with van der Waals surface area (Å²) < 4.78 is 4.58. The lowest BCUT2D eigenvalue weighted by Crippen LogP contribution is -2.01. The van der Waals surface area contributed by atoms with Crippen LogP contribution in [-0.2, 0) is 4.74 Å². The Morgan fingerprint density at radius 1 is 1.00 bits per heavy atom. The second kappa shape index (κ2) is 5.44. The number of carboxylic acids is 1. The predicted molar refractivity (Wildman–Crippen MR) is 71.8 cm³/mol. The van der Waals surface area contributed by atoms with Crippen LogP contribution in [0.5, 0.6) is 5.75 Å². The number of phenolic OH excluding ortho intramolecular Hbond substituents is 1. The Balaban J connectivity index is 2.42. The molecule has 0 saturated heterocycles. The van der Waals surface area contributed by atoms with Gasteiger partial charge in [0.1, 0.15) is 11.3 Å². The van der Waals surface area contributed by atoms with Crippen molar-refractivity contribution in [2.24, 2.45) is 0 Å². The summed E-state index contributed by atoms with van der Waals surface area (Å²) in [5.74, 6) is -1.80. The third-order valence-corrected chi connectivity index (χ3v) is 2.87. The molecule has 0 heterocycles. The van der Waals surface area contributed by atoms with Gasteiger partial charge in [-0.1, -0.05) is 18.2 Å². The molecule has 0 saturated carbocycles. The molecule has 2 aromatic rings. The molecule has 0 fully saturated rings. The number of hydrogen-bond donors (Lipinski definition) is 2. The number of carboxylic acid groups (broad SMARTS) is 1. The summed E-state index contributed by atoms with van der Waals surface area (Å²) in [5.41, 5.74) is 1.66. The van der Waals surface area contributed by atoms with Gasteiger partial charge in [0.15, 0.2) is 0 Å². The number of methoxy groups -OCH3 is 1. The standard InChI is InChI=1S/C15H12O5/c1-20-15(19)12-8-11(6-7-13(12)16)9-2-4-10(5-3-9)14(17)18/h2-8,16H,1H3,(H,17,18). The number of rotatable bonds is 3. The lowest BCUT2D eigenvalue weighted by atomic mass is 10.0. The number of hydrogen-bond acceptors (Lipinski definition) is 4. The number of esters is 1. The molecular formula is C15H12O5. The first-order chi connectivity index (χ1) is 9.52. The van der Waals surface area contributed by atoms with Gasteiger partial charge in [-0.3, -0.25) is 0 Å². The van der Waals surface area contributed by atoms with Gasteiger partial charge in [0.05, 0.1) is 12.7 Å². The van der Waals surface area contributed by atoms with Crippen molar-refractivity contribution in [2.45, 2.75) is 0 Å². The molecule has 0 aliphatic carbocycles. The van der Waals surface area contributed by atoms with Crippen LogP contribution in [0.3, 0.4) is 0 Å². The van der Waals surface area contributed by atoms with Gasteiger partial charge in [-0.25, -0.2) is 9.59 Å². The Hall–Kier alpha value is -2.82. The van der Waals surface area contributed by atoms with E-state index in [4.69, 9.17) is 5.11 Å². The second-order valence-corrected chi connectivity index (χ2v) is 4.11. The predicted octanol–water partition coefficient (Wildman–Crippen LogP) is 2.54. The van der Waals surface area contributed by atoms with Crippen LogP contribution >= 0.6 is 0 Å². The lowest BCUT2D eigenvalue weighted by molar-refractivity contribution is 0.0596. The molecule has 5 heteroatoms. The first-order valence-electron chi connectivity index (χ1n) is 5.78. The average Bonchev–Trinajstić information content (AvgIpc) is 2.47. The Morgan fingerprint density at radius 3 is 2.15 bits per heavy atom. The van der Waals surface area contributed by atoms with Gasteiger partial charge in [-0.2, -0.15) is 0 Å². The Morgan fingerprint density at radius 2 is 1.60 bits per heavy atom. The highest BCUT2D eigenvalue weighted by atomic mass is 16.5. The van der Waals surface area contributed by atoms with Crippen LogP contribution in [0.4, 0.5) is 0 Å². The van der Waals surface area contributed by atoms with E-state index in [1.165, 1.54) is 31.4 Å². The van der Waals surface area contributed by atoms with Crippen molar-refractivity contribution < 1.29 is 24.5 Å². The van der Waals surface area contributed by atoms with E-state index in [1.54, 1.807) is 18.2 Å². The highest BCUT2D eigenvalue weighted by Crippen LogP contribution is 2.26. The first-order valence-corrected chi connectivity index (χ1v) is 5.78. The topological polar surface area (TPSA) is 83.8 Å². The smallest absolute Gasteiger partial charge is 0.341 e. The lowest BCUT2D eigenvalue weighted by Gasteiger charge is -2.07. The van der Waals surface area contributed by atoms with E-state index in [2.05, 4.69) is 4.74 Å². The number of carbonyl (C=O) groups is 2. The minimum Gasteiger partial charge on any atom is -0.507 e. The first kappa shape index (κ1) is 13.6. The van der Waals surface area contributed by atoms with Crippen LogP contribution in [0.1, 0.15) is 20.7 Å². The van der Waals surface area contributed by atoms with E-state index in [-0.39, 0.29) is 16.9 Å². The highest BCUT2D eigenvalue weighted by Gasteiger charge is 2.13. The van der Waals surface area contributed by atoms with Gasteiger partial charge >= 0.3 is 11.9 Å². The van der Waals surface area contributed by atoms with E-state index in [0.717, 1.165) is 5.56 Å². The molecule has 2 N–H and O–H groups in total. The molecule has 102 valence electrons. The minimum absolute atomic E-state index is 0.0623. The zero-order chi connectivity index (χ0) is 14.7. The Kier molecular flexibility index (Phi) is 3.70. The molecule has 2 rings (SSSR count). The second-order valence-electron chi connectivity index (χ2n) is 4.11. The molecule has 2 aromatic carbocycles. The van der Waals surface area contributed by atoms with Crippen LogP contribution in [0.25, 0.3) is 11.1 Å². The fourth-order valence-corrected chi connectivity index (χ4v) is 1.79. The molecular weight excluding hydrogens is 260 g/mol. The van der Waals surface area contributed by atoms with Crippen molar-refractivity contribution in [1.29, 1.82) is 0 Å². The number of aromatic hydroxyl groups is 1. The molecule has 0 aliphatic rings. The number of ether oxygens (including phenoxy) is 1. The van der Waals surface area contributed by atoms with E-state index < -0.39 is 11.9 Å². The summed E-state index contributed by atoms with van der Waals surface area (Å²) in [7, 11) is 1.23. The van der Waals surface area contributed by atoms with Gasteiger partial charge in [-0.15, -0.1) is 0 Å². The third-order valence-electron chi connectivity index (χ3n) is 2.87. The maximum Gasteiger partial charge on any atom is 0.341 e. The van der Waals surface area contributed by atoms with Crippen LogP contribution in [0, 0.1) is 0 Å². The normalized spacial score (nSPS) is 10.1.